The van der Waals surface area contributed by atoms with Crippen molar-refractivity contribution in [3.8, 4) is 11.3 Å². The molecular weight excluding hydrogens is 380 g/mol. The normalized spacial score (nSPS) is 11.6. The summed E-state index contributed by atoms with van der Waals surface area (Å²) in [5, 5.41) is 9.99. The molecule has 0 aliphatic carbocycles. The lowest BCUT2D eigenvalue weighted by molar-refractivity contribution is -0.119. The Bertz CT molecular complexity index is 1150. The Labute approximate surface area is 174 Å². The van der Waals surface area contributed by atoms with Crippen LogP contribution in [0.25, 0.3) is 11.3 Å². The smallest absolute Gasteiger partial charge is 0.267 e. The average molecular weight is 404 g/mol. The summed E-state index contributed by atoms with van der Waals surface area (Å²) in [6.45, 7) is 6.92. The number of anilines is 2. The fraction of sp³-hybridized carbons (Fsp3) is 0.217. The van der Waals surface area contributed by atoms with E-state index in [0.29, 0.717) is 17.1 Å². The molecule has 1 heterocycles. The predicted molar refractivity (Wildman–Crippen MR) is 117 cm³/mol. The summed E-state index contributed by atoms with van der Waals surface area (Å²) in [5.74, 6) is -0.511. The van der Waals surface area contributed by atoms with Gasteiger partial charge in [0.2, 0.25) is 11.8 Å². The number of aromatic nitrogens is 2. The van der Waals surface area contributed by atoms with Crippen molar-refractivity contribution in [3.05, 3.63) is 76.1 Å². The summed E-state index contributed by atoms with van der Waals surface area (Å²) in [7, 11) is 0. The third kappa shape index (κ3) is 4.81. The molecular formula is C23H24N4O3. The van der Waals surface area contributed by atoms with Crippen molar-refractivity contribution >= 4 is 23.2 Å². The SMILES string of the molecule is CC(=O)Nc1cc(-c2ccc(=O)n(C(C)C(=O)Nc3ccc(C)cc3)n2)ccc1C. The minimum Gasteiger partial charge on any atom is -0.326 e. The molecule has 1 unspecified atom stereocenters. The standard InChI is InChI=1S/C23H24N4O3/c1-14-5-9-19(10-6-14)25-23(30)16(3)27-22(29)12-11-20(26-27)18-8-7-15(2)21(13-18)24-17(4)28/h5-13,16H,1-4H3,(H,24,28)(H,25,30). The molecule has 1 aromatic heterocycles. The number of amides is 2. The van der Waals surface area contributed by atoms with Crippen LogP contribution >= 0.6 is 0 Å². The lowest BCUT2D eigenvalue weighted by Gasteiger charge is -2.15. The lowest BCUT2D eigenvalue weighted by atomic mass is 10.1. The molecule has 0 aliphatic rings. The Morgan fingerprint density at radius 1 is 0.967 bits per heavy atom. The summed E-state index contributed by atoms with van der Waals surface area (Å²) in [4.78, 5) is 36.5. The second kappa shape index (κ2) is 8.73. The van der Waals surface area contributed by atoms with Crippen LogP contribution in [0.15, 0.2) is 59.4 Å². The zero-order valence-corrected chi connectivity index (χ0v) is 17.4. The molecule has 7 nitrogen and oxygen atoms in total. The van der Waals surface area contributed by atoms with Crippen LogP contribution in [0.1, 0.15) is 31.0 Å². The highest BCUT2D eigenvalue weighted by Gasteiger charge is 2.18. The van der Waals surface area contributed by atoms with Gasteiger partial charge < -0.3 is 10.6 Å². The van der Waals surface area contributed by atoms with E-state index in [1.807, 2.05) is 50.2 Å². The van der Waals surface area contributed by atoms with Crippen molar-refractivity contribution in [1.29, 1.82) is 0 Å². The van der Waals surface area contributed by atoms with Crippen LogP contribution in [0.2, 0.25) is 0 Å². The van der Waals surface area contributed by atoms with Crippen LogP contribution < -0.4 is 16.2 Å². The Kier molecular flexibility index (Phi) is 6.11. The quantitative estimate of drug-likeness (QED) is 0.678. The van der Waals surface area contributed by atoms with Crippen LogP contribution in [0.3, 0.4) is 0 Å². The van der Waals surface area contributed by atoms with Crippen LogP contribution in [0.4, 0.5) is 11.4 Å². The molecule has 0 spiro atoms. The molecule has 2 N–H and O–H groups in total. The van der Waals surface area contributed by atoms with Crippen molar-refractivity contribution in [2.45, 2.75) is 33.7 Å². The Hall–Kier alpha value is -3.74. The third-order valence-electron chi connectivity index (χ3n) is 4.73. The molecule has 0 radical (unpaired) electrons. The summed E-state index contributed by atoms with van der Waals surface area (Å²) in [6, 6.07) is 15.1. The monoisotopic (exact) mass is 404 g/mol. The van der Waals surface area contributed by atoms with Crippen molar-refractivity contribution in [2.75, 3.05) is 10.6 Å². The first-order valence-corrected chi connectivity index (χ1v) is 9.60. The van der Waals surface area contributed by atoms with Gasteiger partial charge in [0, 0.05) is 29.9 Å². The van der Waals surface area contributed by atoms with E-state index in [-0.39, 0.29) is 17.4 Å². The third-order valence-corrected chi connectivity index (χ3v) is 4.73. The minimum atomic E-state index is -0.806. The Balaban J connectivity index is 1.89. The zero-order chi connectivity index (χ0) is 21.8. The molecule has 0 fully saturated rings. The average Bonchev–Trinajstić information content (AvgIpc) is 2.71. The van der Waals surface area contributed by atoms with Crippen molar-refractivity contribution in [2.24, 2.45) is 0 Å². The first kappa shape index (κ1) is 21.0. The van der Waals surface area contributed by atoms with Gasteiger partial charge in [-0.2, -0.15) is 5.10 Å². The van der Waals surface area contributed by atoms with Gasteiger partial charge in [-0.15, -0.1) is 0 Å². The van der Waals surface area contributed by atoms with Gasteiger partial charge in [-0.25, -0.2) is 4.68 Å². The van der Waals surface area contributed by atoms with Gasteiger partial charge in [-0.05, 0) is 50.6 Å². The highest BCUT2D eigenvalue weighted by Crippen LogP contribution is 2.24. The summed E-state index contributed by atoms with van der Waals surface area (Å²) in [5.41, 5.74) is 4.20. The summed E-state index contributed by atoms with van der Waals surface area (Å²) in [6.07, 6.45) is 0. The summed E-state index contributed by atoms with van der Waals surface area (Å²) < 4.78 is 1.16. The zero-order valence-electron chi connectivity index (χ0n) is 17.4. The number of nitrogens with zero attached hydrogens (tertiary/aromatic N) is 2. The fourth-order valence-corrected chi connectivity index (χ4v) is 2.96. The first-order valence-electron chi connectivity index (χ1n) is 9.60. The molecule has 0 bridgehead atoms. The fourth-order valence-electron chi connectivity index (χ4n) is 2.96. The Morgan fingerprint density at radius 2 is 1.67 bits per heavy atom. The molecule has 2 amide bonds. The molecule has 0 aliphatic heterocycles. The van der Waals surface area contributed by atoms with E-state index in [4.69, 9.17) is 0 Å². The van der Waals surface area contributed by atoms with Gasteiger partial charge in [0.05, 0.1) is 5.69 Å². The number of carbonyl (C=O) groups is 2. The molecule has 0 saturated heterocycles. The van der Waals surface area contributed by atoms with E-state index in [2.05, 4.69) is 15.7 Å². The number of aryl methyl sites for hydroxylation is 2. The number of benzene rings is 2. The highest BCUT2D eigenvalue weighted by molar-refractivity contribution is 5.93. The second-order valence-corrected chi connectivity index (χ2v) is 7.24. The first-order chi connectivity index (χ1) is 14.2. The van der Waals surface area contributed by atoms with Gasteiger partial charge in [0.15, 0.2) is 0 Å². The number of carbonyl (C=O) groups excluding carboxylic acids is 2. The van der Waals surface area contributed by atoms with Crippen LogP contribution in [0.5, 0.6) is 0 Å². The van der Waals surface area contributed by atoms with E-state index < -0.39 is 6.04 Å². The van der Waals surface area contributed by atoms with Crippen molar-refractivity contribution in [3.63, 3.8) is 0 Å². The number of rotatable bonds is 5. The van der Waals surface area contributed by atoms with Gasteiger partial charge in [-0.3, -0.25) is 14.4 Å². The molecule has 30 heavy (non-hydrogen) atoms. The van der Waals surface area contributed by atoms with E-state index >= 15 is 0 Å². The molecule has 7 heteroatoms. The predicted octanol–water partition coefficient (Wildman–Crippen LogP) is 3.69. The number of nitrogens with one attached hydrogen (secondary N) is 2. The van der Waals surface area contributed by atoms with Crippen molar-refractivity contribution in [1.82, 2.24) is 9.78 Å². The molecule has 1 atom stereocenters. The maximum atomic E-state index is 12.7. The van der Waals surface area contributed by atoms with Crippen molar-refractivity contribution < 1.29 is 9.59 Å². The Morgan fingerprint density at radius 3 is 2.33 bits per heavy atom. The van der Waals surface area contributed by atoms with Gasteiger partial charge in [-0.1, -0.05) is 29.8 Å². The van der Waals surface area contributed by atoms with E-state index in [1.165, 1.54) is 13.0 Å². The molecule has 2 aromatic carbocycles. The molecule has 3 aromatic rings. The number of hydrogen-bond donors (Lipinski definition) is 2. The van der Waals surface area contributed by atoms with Crippen LogP contribution in [-0.2, 0) is 9.59 Å². The molecule has 3 rings (SSSR count). The van der Waals surface area contributed by atoms with Crippen LogP contribution in [0, 0.1) is 13.8 Å². The second-order valence-electron chi connectivity index (χ2n) is 7.24. The number of hydrogen-bond acceptors (Lipinski definition) is 4. The largest absolute Gasteiger partial charge is 0.326 e. The van der Waals surface area contributed by atoms with Gasteiger partial charge >= 0.3 is 0 Å². The van der Waals surface area contributed by atoms with E-state index in [1.54, 1.807) is 19.1 Å². The summed E-state index contributed by atoms with van der Waals surface area (Å²) >= 11 is 0. The van der Waals surface area contributed by atoms with E-state index in [9.17, 15) is 14.4 Å². The van der Waals surface area contributed by atoms with Gasteiger partial charge in [0.25, 0.3) is 5.56 Å². The highest BCUT2D eigenvalue weighted by atomic mass is 16.2. The molecule has 0 saturated carbocycles. The topological polar surface area (TPSA) is 93.1 Å². The minimum absolute atomic E-state index is 0.172. The maximum absolute atomic E-state index is 12.7. The maximum Gasteiger partial charge on any atom is 0.267 e. The van der Waals surface area contributed by atoms with Gasteiger partial charge in [0.1, 0.15) is 6.04 Å². The molecule has 154 valence electrons. The lowest BCUT2D eigenvalue weighted by Crippen LogP contribution is -2.33. The van der Waals surface area contributed by atoms with Crippen LogP contribution in [-0.4, -0.2) is 21.6 Å². The van der Waals surface area contributed by atoms with E-state index in [0.717, 1.165) is 21.4 Å².